The summed E-state index contributed by atoms with van der Waals surface area (Å²) in [5.41, 5.74) is 1.14. The summed E-state index contributed by atoms with van der Waals surface area (Å²) in [5, 5.41) is 3.16. The van der Waals surface area contributed by atoms with Crippen LogP contribution in [0.25, 0.3) is 0 Å². The first-order valence-electron chi connectivity index (χ1n) is 9.29. The number of amides is 1. The molecule has 0 radical (unpaired) electrons. The Hall–Kier alpha value is -1.55. The number of piperidine rings is 1. The molecule has 1 heterocycles. The predicted octanol–water partition coefficient (Wildman–Crippen LogP) is 3.57. The minimum absolute atomic E-state index is 0.0116. The summed E-state index contributed by atoms with van der Waals surface area (Å²) in [6.07, 6.45) is 2.78. The molecule has 1 aliphatic heterocycles. The van der Waals surface area contributed by atoms with Crippen molar-refractivity contribution in [3.63, 3.8) is 0 Å². The predicted molar refractivity (Wildman–Crippen MR) is 98.5 cm³/mol. The van der Waals surface area contributed by atoms with Crippen molar-refractivity contribution < 1.29 is 9.53 Å². The molecule has 0 bridgehead atoms. The number of carbonyl (C=O) groups is 1. The third-order valence-electron chi connectivity index (χ3n) is 4.69. The maximum atomic E-state index is 12.5. The Morgan fingerprint density at radius 3 is 2.54 bits per heavy atom. The van der Waals surface area contributed by atoms with Gasteiger partial charge in [0.2, 0.25) is 0 Å². The van der Waals surface area contributed by atoms with Crippen LogP contribution >= 0.6 is 0 Å². The Labute approximate surface area is 146 Å². The molecule has 1 saturated heterocycles. The number of nitrogens with zero attached hydrogens (tertiary/aromatic N) is 1. The summed E-state index contributed by atoms with van der Waals surface area (Å²) >= 11 is 0. The number of nitrogens with one attached hydrogen (secondary N) is 1. The zero-order chi connectivity index (χ0) is 17.5. The summed E-state index contributed by atoms with van der Waals surface area (Å²) in [4.78, 5) is 14.9. The summed E-state index contributed by atoms with van der Waals surface area (Å²) in [6, 6.07) is 8.25. The molecule has 0 saturated carbocycles. The number of hydrogen-bond donors (Lipinski definition) is 1. The molecule has 24 heavy (non-hydrogen) atoms. The van der Waals surface area contributed by atoms with Gasteiger partial charge in [0.1, 0.15) is 5.75 Å². The van der Waals surface area contributed by atoms with Crippen LogP contribution in [0.5, 0.6) is 5.75 Å². The molecule has 0 aromatic heterocycles. The Morgan fingerprint density at radius 1 is 1.25 bits per heavy atom. The Morgan fingerprint density at radius 2 is 1.92 bits per heavy atom. The van der Waals surface area contributed by atoms with Gasteiger partial charge in [-0.25, -0.2) is 0 Å². The molecule has 134 valence electrons. The van der Waals surface area contributed by atoms with Crippen molar-refractivity contribution >= 4 is 5.91 Å². The normalized spacial score (nSPS) is 17.7. The summed E-state index contributed by atoms with van der Waals surface area (Å²) in [7, 11) is 0. The number of rotatable bonds is 7. The van der Waals surface area contributed by atoms with Crippen molar-refractivity contribution in [3.05, 3.63) is 29.8 Å². The molecule has 1 unspecified atom stereocenters. The highest BCUT2D eigenvalue weighted by atomic mass is 16.5. The molecule has 0 spiro atoms. The smallest absolute Gasteiger partial charge is 0.260 e. The molecule has 1 aromatic carbocycles. The van der Waals surface area contributed by atoms with Crippen molar-refractivity contribution in [2.24, 2.45) is 0 Å². The monoisotopic (exact) mass is 332 g/mol. The van der Waals surface area contributed by atoms with Gasteiger partial charge in [-0.05, 0) is 50.3 Å². The molecule has 4 nitrogen and oxygen atoms in total. The van der Waals surface area contributed by atoms with Crippen molar-refractivity contribution in [3.8, 4) is 5.75 Å². The van der Waals surface area contributed by atoms with Gasteiger partial charge in [0, 0.05) is 19.1 Å². The zero-order valence-electron chi connectivity index (χ0n) is 15.5. The van der Waals surface area contributed by atoms with E-state index in [0.717, 1.165) is 43.8 Å². The average Bonchev–Trinajstić information content (AvgIpc) is 2.57. The number of hydrogen-bond acceptors (Lipinski definition) is 3. The van der Waals surface area contributed by atoms with Gasteiger partial charge in [0.25, 0.3) is 5.91 Å². The molecule has 1 atom stereocenters. The number of likely N-dealkylation sites (tertiary alicyclic amines) is 1. The van der Waals surface area contributed by atoms with E-state index in [1.54, 1.807) is 0 Å². The fourth-order valence-corrected chi connectivity index (χ4v) is 3.24. The van der Waals surface area contributed by atoms with E-state index in [2.05, 4.69) is 37.1 Å². The number of carbonyl (C=O) groups excluding carboxylic acids is 1. The third kappa shape index (κ3) is 5.23. The molecular weight excluding hydrogens is 300 g/mol. The SMILES string of the molecule is CCCN1CCC(NC(=O)C(C)Oc2ccccc2C(C)C)CC1. The molecule has 1 amide bonds. The van der Waals surface area contributed by atoms with Crippen LogP contribution in [-0.2, 0) is 4.79 Å². The third-order valence-corrected chi connectivity index (χ3v) is 4.69. The van der Waals surface area contributed by atoms with Crippen molar-refractivity contribution in [1.82, 2.24) is 10.2 Å². The first kappa shape index (κ1) is 18.8. The Kier molecular flexibility index (Phi) is 7.10. The van der Waals surface area contributed by atoms with Crippen LogP contribution in [0.15, 0.2) is 24.3 Å². The van der Waals surface area contributed by atoms with Gasteiger partial charge in [-0.3, -0.25) is 4.79 Å². The van der Waals surface area contributed by atoms with Crippen molar-refractivity contribution in [2.75, 3.05) is 19.6 Å². The largest absolute Gasteiger partial charge is 0.481 e. The highest BCUT2D eigenvalue weighted by molar-refractivity contribution is 5.81. The summed E-state index contributed by atoms with van der Waals surface area (Å²) in [5.74, 6) is 1.18. The fourth-order valence-electron chi connectivity index (χ4n) is 3.24. The van der Waals surface area contributed by atoms with Gasteiger partial charge < -0.3 is 15.0 Å². The van der Waals surface area contributed by atoms with Crippen LogP contribution in [0.4, 0.5) is 0 Å². The van der Waals surface area contributed by atoms with E-state index in [1.807, 2.05) is 25.1 Å². The van der Waals surface area contributed by atoms with E-state index < -0.39 is 6.10 Å². The van der Waals surface area contributed by atoms with Gasteiger partial charge in [-0.2, -0.15) is 0 Å². The number of benzene rings is 1. The zero-order valence-corrected chi connectivity index (χ0v) is 15.5. The van der Waals surface area contributed by atoms with Gasteiger partial charge in [-0.15, -0.1) is 0 Å². The van der Waals surface area contributed by atoms with Gasteiger partial charge in [-0.1, -0.05) is 39.0 Å². The molecule has 1 aliphatic rings. The standard InChI is InChI=1S/C20H32N2O2/c1-5-12-22-13-10-17(11-14-22)21-20(23)16(4)24-19-9-7-6-8-18(19)15(2)3/h6-9,15-17H,5,10-14H2,1-4H3,(H,21,23). The second kappa shape index (κ2) is 9.07. The number of ether oxygens (including phenoxy) is 1. The first-order chi connectivity index (χ1) is 11.5. The van der Waals surface area contributed by atoms with Crippen LogP contribution in [0.3, 0.4) is 0 Å². The fraction of sp³-hybridized carbons (Fsp3) is 0.650. The topological polar surface area (TPSA) is 41.6 Å². The average molecular weight is 332 g/mol. The van der Waals surface area contributed by atoms with Crippen LogP contribution < -0.4 is 10.1 Å². The molecule has 0 aliphatic carbocycles. The maximum absolute atomic E-state index is 12.5. The quantitative estimate of drug-likeness (QED) is 0.830. The minimum atomic E-state index is -0.474. The van der Waals surface area contributed by atoms with Crippen LogP contribution in [0.2, 0.25) is 0 Å². The van der Waals surface area contributed by atoms with Crippen LogP contribution in [-0.4, -0.2) is 42.6 Å². The van der Waals surface area contributed by atoms with E-state index in [1.165, 1.54) is 6.42 Å². The van der Waals surface area contributed by atoms with E-state index >= 15 is 0 Å². The van der Waals surface area contributed by atoms with Crippen molar-refractivity contribution in [2.45, 2.75) is 65.0 Å². The maximum Gasteiger partial charge on any atom is 0.260 e. The van der Waals surface area contributed by atoms with Gasteiger partial charge >= 0.3 is 0 Å². The number of para-hydroxylation sites is 1. The van der Waals surface area contributed by atoms with Crippen LogP contribution in [0.1, 0.15) is 58.4 Å². The molecule has 1 aromatic rings. The lowest BCUT2D eigenvalue weighted by atomic mass is 10.0. The van der Waals surface area contributed by atoms with Gasteiger partial charge in [0.05, 0.1) is 0 Å². The van der Waals surface area contributed by atoms with Gasteiger partial charge in [0.15, 0.2) is 6.10 Å². The van der Waals surface area contributed by atoms with E-state index in [-0.39, 0.29) is 11.9 Å². The molecule has 4 heteroatoms. The van der Waals surface area contributed by atoms with E-state index in [0.29, 0.717) is 5.92 Å². The highest BCUT2D eigenvalue weighted by Gasteiger charge is 2.23. The van der Waals surface area contributed by atoms with E-state index in [9.17, 15) is 4.79 Å². The second-order valence-corrected chi connectivity index (χ2v) is 7.08. The Bertz CT molecular complexity index is 522. The molecular formula is C20H32N2O2. The van der Waals surface area contributed by atoms with E-state index in [4.69, 9.17) is 4.74 Å². The highest BCUT2D eigenvalue weighted by Crippen LogP contribution is 2.26. The summed E-state index contributed by atoms with van der Waals surface area (Å²) in [6.45, 7) is 11.6. The second-order valence-electron chi connectivity index (χ2n) is 7.08. The van der Waals surface area contributed by atoms with Crippen LogP contribution in [0, 0.1) is 0 Å². The molecule has 1 N–H and O–H groups in total. The minimum Gasteiger partial charge on any atom is -0.481 e. The summed E-state index contributed by atoms with van der Waals surface area (Å²) < 4.78 is 5.95. The Balaban J connectivity index is 1.85. The first-order valence-corrected chi connectivity index (χ1v) is 9.29. The lowest BCUT2D eigenvalue weighted by molar-refractivity contribution is -0.128. The molecule has 1 fully saturated rings. The lowest BCUT2D eigenvalue weighted by Crippen LogP contribution is -2.48. The molecule has 2 rings (SSSR count). The van der Waals surface area contributed by atoms with Crippen molar-refractivity contribution in [1.29, 1.82) is 0 Å². The lowest BCUT2D eigenvalue weighted by Gasteiger charge is -2.32.